The van der Waals surface area contributed by atoms with Gasteiger partial charge in [0.15, 0.2) is 5.65 Å². The number of benzene rings is 1. The maximum atomic E-state index is 11.2. The number of hydrogen-bond acceptors (Lipinski definition) is 4. The molecule has 2 heterocycles. The molecule has 0 aliphatic heterocycles. The van der Waals surface area contributed by atoms with Gasteiger partial charge in [-0.15, -0.1) is 0 Å². The van der Waals surface area contributed by atoms with Gasteiger partial charge in [0.25, 0.3) is 5.24 Å². The highest BCUT2D eigenvalue weighted by atomic mass is 35.5. The molecule has 0 saturated carbocycles. The molecule has 0 radical (unpaired) electrons. The second-order valence-corrected chi connectivity index (χ2v) is 5.55. The van der Waals surface area contributed by atoms with Crippen molar-refractivity contribution in [1.29, 1.82) is 5.26 Å². The SMILES string of the molecule is Cn1c(CCc2ccc(C#N)cc2)nc2nc(C(=O)Cl)ccc21. The normalized spacial score (nSPS) is 10.7. The largest absolute Gasteiger partial charge is 0.330 e. The third-order valence-electron chi connectivity index (χ3n) is 3.76. The number of carbonyl (C=O) groups is 1. The van der Waals surface area contributed by atoms with Crippen LogP contribution in [0.25, 0.3) is 11.2 Å². The van der Waals surface area contributed by atoms with Gasteiger partial charge >= 0.3 is 0 Å². The Morgan fingerprint density at radius 2 is 1.91 bits per heavy atom. The van der Waals surface area contributed by atoms with Crippen LogP contribution in [0.15, 0.2) is 36.4 Å². The first kappa shape index (κ1) is 15.2. The quantitative estimate of drug-likeness (QED) is 0.692. The van der Waals surface area contributed by atoms with Gasteiger partial charge in [0.2, 0.25) is 0 Å². The van der Waals surface area contributed by atoms with Crippen molar-refractivity contribution < 1.29 is 4.79 Å². The number of aromatic nitrogens is 3. The third-order valence-corrected chi connectivity index (χ3v) is 3.95. The standard InChI is InChI=1S/C17H13ClN4O/c1-22-14-8-7-13(16(18)23)20-17(14)21-15(22)9-6-11-2-4-12(10-19)5-3-11/h2-5,7-8H,6,9H2,1H3. The lowest BCUT2D eigenvalue weighted by Crippen LogP contribution is -2.00. The van der Waals surface area contributed by atoms with Gasteiger partial charge in [-0.2, -0.15) is 5.26 Å². The summed E-state index contributed by atoms with van der Waals surface area (Å²) in [6.45, 7) is 0. The zero-order valence-corrected chi connectivity index (χ0v) is 13.2. The van der Waals surface area contributed by atoms with Gasteiger partial charge in [0.05, 0.1) is 17.1 Å². The van der Waals surface area contributed by atoms with E-state index in [9.17, 15) is 4.79 Å². The Labute approximate surface area is 138 Å². The summed E-state index contributed by atoms with van der Waals surface area (Å²) in [4.78, 5) is 19.9. The van der Waals surface area contributed by atoms with Gasteiger partial charge in [0, 0.05) is 13.5 Å². The van der Waals surface area contributed by atoms with E-state index in [1.807, 2.05) is 35.9 Å². The minimum atomic E-state index is -0.586. The molecule has 23 heavy (non-hydrogen) atoms. The van der Waals surface area contributed by atoms with E-state index in [0.29, 0.717) is 11.2 Å². The number of nitriles is 1. The summed E-state index contributed by atoms with van der Waals surface area (Å²) in [5, 5.41) is 8.22. The van der Waals surface area contributed by atoms with E-state index in [0.717, 1.165) is 29.7 Å². The highest BCUT2D eigenvalue weighted by molar-refractivity contribution is 6.67. The molecule has 0 unspecified atom stereocenters. The van der Waals surface area contributed by atoms with Crippen molar-refractivity contribution in [1.82, 2.24) is 14.5 Å². The fraction of sp³-hybridized carbons (Fsp3) is 0.176. The fourth-order valence-electron chi connectivity index (χ4n) is 2.46. The molecule has 1 aromatic carbocycles. The maximum Gasteiger partial charge on any atom is 0.270 e. The summed E-state index contributed by atoms with van der Waals surface area (Å²) >= 11 is 5.46. The number of nitrogens with zero attached hydrogens (tertiary/aromatic N) is 4. The van der Waals surface area contributed by atoms with Crippen LogP contribution in [0.5, 0.6) is 0 Å². The Morgan fingerprint density at radius 3 is 2.57 bits per heavy atom. The molecule has 6 heteroatoms. The van der Waals surface area contributed by atoms with Crippen LogP contribution in [-0.4, -0.2) is 19.8 Å². The predicted molar refractivity (Wildman–Crippen MR) is 87.3 cm³/mol. The molecule has 3 aromatic rings. The second-order valence-electron chi connectivity index (χ2n) is 5.21. The van der Waals surface area contributed by atoms with Crippen molar-refractivity contribution in [3.8, 4) is 6.07 Å². The van der Waals surface area contributed by atoms with E-state index >= 15 is 0 Å². The lowest BCUT2D eigenvalue weighted by atomic mass is 10.1. The van der Waals surface area contributed by atoms with Gasteiger partial charge in [0.1, 0.15) is 11.5 Å². The molecule has 0 aliphatic carbocycles. The van der Waals surface area contributed by atoms with Crippen molar-refractivity contribution in [2.75, 3.05) is 0 Å². The highest BCUT2D eigenvalue weighted by Gasteiger charge is 2.12. The van der Waals surface area contributed by atoms with E-state index < -0.39 is 5.24 Å². The molecule has 3 rings (SSSR count). The summed E-state index contributed by atoms with van der Waals surface area (Å²) in [6, 6.07) is 13.0. The number of hydrogen-bond donors (Lipinski definition) is 0. The molecule has 0 aliphatic rings. The Balaban J connectivity index is 1.83. The average Bonchev–Trinajstić information content (AvgIpc) is 2.89. The summed E-state index contributed by atoms with van der Waals surface area (Å²) in [6.07, 6.45) is 1.55. The highest BCUT2D eigenvalue weighted by Crippen LogP contribution is 2.16. The first-order valence-corrected chi connectivity index (χ1v) is 7.47. The number of fused-ring (bicyclic) bond motifs is 1. The second kappa shape index (κ2) is 6.19. The van der Waals surface area contributed by atoms with E-state index in [1.54, 1.807) is 12.1 Å². The van der Waals surface area contributed by atoms with Gasteiger partial charge in [-0.3, -0.25) is 4.79 Å². The zero-order valence-electron chi connectivity index (χ0n) is 12.5. The lowest BCUT2D eigenvalue weighted by molar-refractivity contribution is 0.107. The Morgan fingerprint density at radius 1 is 1.17 bits per heavy atom. The smallest absolute Gasteiger partial charge is 0.270 e. The first-order chi connectivity index (χ1) is 11.1. The van der Waals surface area contributed by atoms with Crippen molar-refractivity contribution in [2.24, 2.45) is 7.05 Å². The number of pyridine rings is 1. The van der Waals surface area contributed by atoms with Crippen LogP contribution in [0, 0.1) is 11.3 Å². The van der Waals surface area contributed by atoms with E-state index in [2.05, 4.69) is 16.0 Å². The van der Waals surface area contributed by atoms with Gasteiger partial charge in [-0.05, 0) is 47.9 Å². The maximum absolute atomic E-state index is 11.2. The van der Waals surface area contributed by atoms with Crippen LogP contribution in [0.3, 0.4) is 0 Å². The fourth-order valence-corrected chi connectivity index (χ4v) is 2.56. The van der Waals surface area contributed by atoms with Crippen LogP contribution in [0.1, 0.15) is 27.4 Å². The van der Waals surface area contributed by atoms with Crippen LogP contribution < -0.4 is 0 Å². The molecule has 2 aromatic heterocycles. The molecule has 0 amide bonds. The summed E-state index contributed by atoms with van der Waals surface area (Å²) in [5.41, 5.74) is 3.38. The van der Waals surface area contributed by atoms with Crippen LogP contribution >= 0.6 is 11.6 Å². The number of imidazole rings is 1. The number of carbonyl (C=O) groups excluding carboxylic acids is 1. The molecule has 114 valence electrons. The lowest BCUT2D eigenvalue weighted by Gasteiger charge is -2.03. The topological polar surface area (TPSA) is 71.6 Å². The minimum absolute atomic E-state index is 0.205. The Hall–Kier alpha value is -2.71. The van der Waals surface area contributed by atoms with Crippen molar-refractivity contribution in [2.45, 2.75) is 12.8 Å². The first-order valence-electron chi connectivity index (χ1n) is 7.09. The summed E-state index contributed by atoms with van der Waals surface area (Å²) in [7, 11) is 1.92. The average molecular weight is 325 g/mol. The zero-order chi connectivity index (χ0) is 16.4. The van der Waals surface area contributed by atoms with E-state index in [4.69, 9.17) is 16.9 Å². The number of rotatable bonds is 4. The summed E-state index contributed by atoms with van der Waals surface area (Å²) in [5.74, 6) is 0.885. The van der Waals surface area contributed by atoms with Crippen molar-refractivity contribution >= 4 is 28.0 Å². The van der Waals surface area contributed by atoms with Crippen molar-refractivity contribution in [3.63, 3.8) is 0 Å². The molecular formula is C17H13ClN4O. The Kier molecular flexibility index (Phi) is 4.09. The molecule has 0 N–H and O–H groups in total. The van der Waals surface area contributed by atoms with Crippen LogP contribution in [0.2, 0.25) is 0 Å². The molecule has 0 fully saturated rings. The van der Waals surface area contributed by atoms with E-state index in [1.165, 1.54) is 0 Å². The molecule has 0 saturated heterocycles. The van der Waals surface area contributed by atoms with Crippen molar-refractivity contribution in [3.05, 3.63) is 59.0 Å². The predicted octanol–water partition coefficient (Wildman–Crippen LogP) is 3.00. The van der Waals surface area contributed by atoms with Crippen LogP contribution in [-0.2, 0) is 19.9 Å². The molecule has 0 atom stereocenters. The molecular weight excluding hydrogens is 312 g/mol. The monoisotopic (exact) mass is 324 g/mol. The van der Waals surface area contributed by atoms with Gasteiger partial charge < -0.3 is 4.57 Å². The van der Waals surface area contributed by atoms with E-state index in [-0.39, 0.29) is 5.69 Å². The molecule has 5 nitrogen and oxygen atoms in total. The van der Waals surface area contributed by atoms with Gasteiger partial charge in [-0.1, -0.05) is 12.1 Å². The van der Waals surface area contributed by atoms with Crippen LogP contribution in [0.4, 0.5) is 0 Å². The number of halogens is 1. The molecule has 0 spiro atoms. The minimum Gasteiger partial charge on any atom is -0.330 e. The molecule has 0 bridgehead atoms. The third kappa shape index (κ3) is 3.08. The Bertz CT molecular complexity index is 922. The summed E-state index contributed by atoms with van der Waals surface area (Å²) < 4.78 is 1.97. The van der Waals surface area contributed by atoms with Gasteiger partial charge in [-0.25, -0.2) is 9.97 Å². The number of aryl methyl sites for hydroxylation is 3.